The Morgan fingerprint density at radius 1 is 1.48 bits per heavy atom. The molecule has 1 aromatic heterocycles. The molecule has 0 radical (unpaired) electrons. The number of likely N-dealkylation sites (N-methyl/N-ethyl adjacent to an activating group) is 1. The van der Waals surface area contributed by atoms with Crippen molar-refractivity contribution in [3.8, 4) is 0 Å². The molecule has 1 fully saturated rings. The van der Waals surface area contributed by atoms with Crippen LogP contribution in [0.4, 0.5) is 0 Å². The van der Waals surface area contributed by atoms with Crippen LogP contribution in [-0.4, -0.2) is 60.0 Å². The largest absolute Gasteiger partial charge is 0.478 e. The Labute approximate surface area is 128 Å². The smallest absolute Gasteiger partial charge is 0.328 e. The van der Waals surface area contributed by atoms with E-state index in [1.54, 1.807) is 6.08 Å². The van der Waals surface area contributed by atoms with Crippen LogP contribution in [0.3, 0.4) is 0 Å². The summed E-state index contributed by atoms with van der Waals surface area (Å²) in [5, 5.41) is 8.67. The number of carbonyl (C=O) groups is 2. The van der Waals surface area contributed by atoms with Crippen LogP contribution in [0.1, 0.15) is 26.5 Å². The maximum absolute atomic E-state index is 12.5. The second kappa shape index (κ2) is 6.41. The summed E-state index contributed by atoms with van der Waals surface area (Å²) in [4.78, 5) is 28.6. The Morgan fingerprint density at radius 2 is 2.19 bits per heavy atom. The number of aryl methyl sites for hydroxylation is 1. The molecule has 0 spiro atoms. The van der Waals surface area contributed by atoms with Crippen molar-refractivity contribution in [2.24, 2.45) is 0 Å². The van der Waals surface area contributed by atoms with E-state index in [0.29, 0.717) is 10.9 Å². The first-order chi connectivity index (χ1) is 9.88. The van der Waals surface area contributed by atoms with Gasteiger partial charge in [-0.2, -0.15) is 0 Å². The lowest BCUT2D eigenvalue weighted by Crippen LogP contribution is -2.34. The predicted molar refractivity (Wildman–Crippen MR) is 83.7 cm³/mol. The van der Waals surface area contributed by atoms with Crippen molar-refractivity contribution in [1.82, 2.24) is 9.80 Å². The van der Waals surface area contributed by atoms with E-state index in [1.165, 1.54) is 11.3 Å². The molecule has 2 heterocycles. The van der Waals surface area contributed by atoms with E-state index in [4.69, 9.17) is 5.11 Å². The van der Waals surface area contributed by atoms with Gasteiger partial charge in [0.05, 0.1) is 4.88 Å². The zero-order chi connectivity index (χ0) is 15.6. The third kappa shape index (κ3) is 3.71. The minimum absolute atomic E-state index is 0.0439. The summed E-state index contributed by atoms with van der Waals surface area (Å²) in [6.07, 6.45) is 3.64. The molecular formula is C15H20N2O3S. The Morgan fingerprint density at radius 3 is 2.76 bits per heavy atom. The molecule has 5 nitrogen and oxygen atoms in total. The molecule has 2 rings (SSSR count). The van der Waals surface area contributed by atoms with E-state index in [-0.39, 0.29) is 5.91 Å². The number of carbonyl (C=O) groups excluding carboxylic acids is 1. The van der Waals surface area contributed by atoms with Gasteiger partial charge in [-0.15, -0.1) is 11.3 Å². The summed E-state index contributed by atoms with van der Waals surface area (Å²) in [6, 6.07) is 2.26. The lowest BCUT2D eigenvalue weighted by molar-refractivity contribution is -0.131. The van der Waals surface area contributed by atoms with Crippen molar-refractivity contribution in [1.29, 1.82) is 0 Å². The predicted octanol–water partition coefficient (Wildman–Crippen LogP) is 1.93. The SMILES string of the molecule is Cc1cc(C(=O)N2CCC(N(C)C)C2)sc1/C=C/C(=O)O. The molecule has 114 valence electrons. The van der Waals surface area contributed by atoms with E-state index in [2.05, 4.69) is 4.90 Å². The average molecular weight is 308 g/mol. The van der Waals surface area contributed by atoms with Crippen molar-refractivity contribution in [3.05, 3.63) is 27.5 Å². The molecule has 1 aliphatic rings. The van der Waals surface area contributed by atoms with Gasteiger partial charge < -0.3 is 14.9 Å². The molecule has 0 aliphatic carbocycles. The topological polar surface area (TPSA) is 60.9 Å². The van der Waals surface area contributed by atoms with Gasteiger partial charge in [0.15, 0.2) is 0 Å². The van der Waals surface area contributed by atoms with Gasteiger partial charge in [-0.1, -0.05) is 0 Å². The summed E-state index contributed by atoms with van der Waals surface area (Å²) in [5.74, 6) is -0.938. The van der Waals surface area contributed by atoms with Crippen LogP contribution in [0.2, 0.25) is 0 Å². The number of hydrogen-bond acceptors (Lipinski definition) is 4. The van der Waals surface area contributed by atoms with Crippen molar-refractivity contribution in [2.75, 3.05) is 27.2 Å². The first-order valence-corrected chi connectivity index (χ1v) is 7.67. The second-order valence-corrected chi connectivity index (χ2v) is 6.57. The maximum Gasteiger partial charge on any atom is 0.328 e. The molecule has 0 bridgehead atoms. The standard InChI is InChI=1S/C15H20N2O3S/c1-10-8-13(21-12(10)4-5-14(18)19)15(20)17-7-6-11(9-17)16(2)3/h4-5,8,11H,6-7,9H2,1-3H3,(H,18,19)/b5-4+. The van der Waals surface area contributed by atoms with Gasteiger partial charge in [-0.25, -0.2) is 4.79 Å². The van der Waals surface area contributed by atoms with Crippen molar-refractivity contribution >= 4 is 29.3 Å². The molecule has 1 N–H and O–H groups in total. The van der Waals surface area contributed by atoms with Gasteiger partial charge in [-0.05, 0) is 45.1 Å². The Balaban J connectivity index is 2.10. The normalized spacial score (nSPS) is 18.9. The van der Waals surface area contributed by atoms with Crippen LogP contribution in [-0.2, 0) is 4.79 Å². The van der Waals surface area contributed by atoms with Gasteiger partial charge in [-0.3, -0.25) is 4.79 Å². The van der Waals surface area contributed by atoms with E-state index >= 15 is 0 Å². The third-order valence-electron chi connectivity index (χ3n) is 3.73. The highest BCUT2D eigenvalue weighted by Crippen LogP contribution is 2.26. The second-order valence-electron chi connectivity index (χ2n) is 5.49. The highest BCUT2D eigenvalue weighted by molar-refractivity contribution is 7.15. The number of nitrogens with zero attached hydrogens (tertiary/aromatic N) is 2. The molecule has 21 heavy (non-hydrogen) atoms. The Kier molecular flexibility index (Phi) is 4.80. The molecule has 1 atom stereocenters. The highest BCUT2D eigenvalue weighted by atomic mass is 32.1. The molecule has 1 amide bonds. The molecule has 1 saturated heterocycles. The fourth-order valence-electron chi connectivity index (χ4n) is 2.42. The summed E-state index contributed by atoms with van der Waals surface area (Å²) in [5.41, 5.74) is 0.934. The average Bonchev–Trinajstić information content (AvgIpc) is 3.02. The number of carboxylic acids is 1. The lowest BCUT2D eigenvalue weighted by atomic mass is 10.2. The van der Waals surface area contributed by atoms with E-state index in [1.807, 2.05) is 32.0 Å². The summed E-state index contributed by atoms with van der Waals surface area (Å²) in [6.45, 7) is 3.42. The van der Waals surface area contributed by atoms with E-state index in [0.717, 1.165) is 36.0 Å². The van der Waals surface area contributed by atoms with Crippen LogP contribution in [0.15, 0.2) is 12.1 Å². The molecular weight excluding hydrogens is 288 g/mol. The van der Waals surface area contributed by atoms with Gasteiger partial charge >= 0.3 is 5.97 Å². The minimum Gasteiger partial charge on any atom is -0.478 e. The minimum atomic E-state index is -0.982. The van der Waals surface area contributed by atoms with Crippen LogP contribution in [0.25, 0.3) is 6.08 Å². The number of rotatable bonds is 4. The number of amides is 1. The fraction of sp³-hybridized carbons (Fsp3) is 0.467. The van der Waals surface area contributed by atoms with Crippen LogP contribution in [0.5, 0.6) is 0 Å². The molecule has 1 aromatic rings. The fourth-order valence-corrected chi connectivity index (χ4v) is 3.46. The zero-order valence-electron chi connectivity index (χ0n) is 12.5. The summed E-state index contributed by atoms with van der Waals surface area (Å²) >= 11 is 1.35. The number of aliphatic carboxylic acids is 1. The number of hydrogen-bond donors (Lipinski definition) is 1. The van der Waals surface area contributed by atoms with Crippen molar-refractivity contribution in [3.63, 3.8) is 0 Å². The number of thiophene rings is 1. The number of carboxylic acid groups (broad SMARTS) is 1. The van der Waals surface area contributed by atoms with Crippen molar-refractivity contribution < 1.29 is 14.7 Å². The number of likely N-dealkylation sites (tertiary alicyclic amines) is 1. The molecule has 1 unspecified atom stereocenters. The molecule has 0 aromatic carbocycles. The zero-order valence-corrected chi connectivity index (χ0v) is 13.3. The molecule has 0 saturated carbocycles. The lowest BCUT2D eigenvalue weighted by Gasteiger charge is -2.19. The Hall–Kier alpha value is -1.66. The van der Waals surface area contributed by atoms with Crippen LogP contribution < -0.4 is 0 Å². The quantitative estimate of drug-likeness (QED) is 0.864. The monoisotopic (exact) mass is 308 g/mol. The van der Waals surface area contributed by atoms with Crippen LogP contribution in [0, 0.1) is 6.92 Å². The highest BCUT2D eigenvalue weighted by Gasteiger charge is 2.28. The van der Waals surface area contributed by atoms with Crippen molar-refractivity contribution in [2.45, 2.75) is 19.4 Å². The molecule has 1 aliphatic heterocycles. The summed E-state index contributed by atoms with van der Waals surface area (Å²) < 4.78 is 0. The van der Waals surface area contributed by atoms with E-state index in [9.17, 15) is 9.59 Å². The first kappa shape index (κ1) is 15.7. The maximum atomic E-state index is 12.5. The van der Waals surface area contributed by atoms with Crippen LogP contribution >= 0.6 is 11.3 Å². The molecule has 6 heteroatoms. The van der Waals surface area contributed by atoms with Gasteiger partial charge in [0.1, 0.15) is 0 Å². The summed E-state index contributed by atoms with van der Waals surface area (Å²) in [7, 11) is 4.06. The van der Waals surface area contributed by atoms with Gasteiger partial charge in [0.25, 0.3) is 5.91 Å². The Bertz CT molecular complexity index is 577. The third-order valence-corrected chi connectivity index (χ3v) is 4.92. The van der Waals surface area contributed by atoms with Gasteiger partial charge in [0.2, 0.25) is 0 Å². The van der Waals surface area contributed by atoms with Gasteiger partial charge in [0, 0.05) is 30.1 Å². The van der Waals surface area contributed by atoms with E-state index < -0.39 is 5.97 Å². The first-order valence-electron chi connectivity index (χ1n) is 6.85.